The molecule has 0 fully saturated rings. The van der Waals surface area contributed by atoms with E-state index in [-0.39, 0.29) is 10.8 Å². The third-order valence-corrected chi connectivity index (χ3v) is 4.70. The Balaban J connectivity index is 2.99. The largest absolute Gasteiger partial charge is 0.495 e. The number of ether oxygens (including phenoxy) is 1. The molecule has 0 saturated heterocycles. The summed E-state index contributed by atoms with van der Waals surface area (Å²) in [5, 5.41) is 0. The van der Waals surface area contributed by atoms with Crippen LogP contribution in [0, 0.1) is 0 Å². The monoisotopic (exact) mass is 299 g/mol. The van der Waals surface area contributed by atoms with Gasteiger partial charge in [0.15, 0.2) is 0 Å². The molecule has 0 aliphatic rings. The Morgan fingerprint density at radius 3 is 2.50 bits per heavy atom. The van der Waals surface area contributed by atoms with Crippen LogP contribution >= 0.6 is 0 Å². The summed E-state index contributed by atoms with van der Waals surface area (Å²) in [6.07, 6.45) is 2.93. The minimum absolute atomic E-state index is 0.225. The highest BCUT2D eigenvalue weighted by Gasteiger charge is 2.20. The summed E-state index contributed by atoms with van der Waals surface area (Å²) < 4.78 is 32.5. The molecule has 1 aromatic rings. The van der Waals surface area contributed by atoms with Crippen molar-refractivity contribution in [2.24, 2.45) is 0 Å². The lowest BCUT2D eigenvalue weighted by molar-refractivity contribution is 0.402. The number of hydrogen-bond acceptors (Lipinski definition) is 3. The van der Waals surface area contributed by atoms with Crippen LogP contribution in [0.15, 0.2) is 23.1 Å². The van der Waals surface area contributed by atoms with Crippen LogP contribution in [0.2, 0.25) is 0 Å². The van der Waals surface area contributed by atoms with E-state index in [2.05, 4.69) is 11.6 Å². The van der Waals surface area contributed by atoms with Gasteiger partial charge in [-0.25, -0.2) is 13.1 Å². The lowest BCUT2D eigenvalue weighted by Crippen LogP contribution is -2.25. The Kier molecular flexibility index (Phi) is 6.49. The predicted octanol–water partition coefficient (Wildman–Crippen LogP) is 3.29. The molecule has 0 bridgehead atoms. The average molecular weight is 299 g/mol. The van der Waals surface area contributed by atoms with Gasteiger partial charge in [0.25, 0.3) is 0 Å². The van der Waals surface area contributed by atoms with E-state index in [9.17, 15) is 8.42 Å². The molecule has 1 aromatic carbocycles. The van der Waals surface area contributed by atoms with Crippen molar-refractivity contribution in [2.75, 3.05) is 13.7 Å². The van der Waals surface area contributed by atoms with Crippen LogP contribution in [0.25, 0.3) is 0 Å². The number of unbranched alkanes of at least 4 members (excludes halogenated alkanes) is 2. The minimum Gasteiger partial charge on any atom is -0.495 e. The van der Waals surface area contributed by atoms with E-state index in [0.29, 0.717) is 12.3 Å². The van der Waals surface area contributed by atoms with Crippen molar-refractivity contribution in [1.82, 2.24) is 4.72 Å². The van der Waals surface area contributed by atoms with E-state index in [1.165, 1.54) is 7.11 Å². The lowest BCUT2D eigenvalue weighted by Gasteiger charge is -2.13. The minimum atomic E-state index is -3.51. The van der Waals surface area contributed by atoms with Crippen molar-refractivity contribution < 1.29 is 13.2 Å². The lowest BCUT2D eigenvalue weighted by atomic mass is 10.0. The molecule has 0 saturated carbocycles. The summed E-state index contributed by atoms with van der Waals surface area (Å²) in [6, 6.07) is 5.32. The van der Waals surface area contributed by atoms with E-state index in [1.54, 1.807) is 12.1 Å². The van der Waals surface area contributed by atoms with Crippen LogP contribution in [0.1, 0.15) is 51.5 Å². The van der Waals surface area contributed by atoms with Gasteiger partial charge >= 0.3 is 0 Å². The molecule has 0 radical (unpaired) electrons. The molecule has 0 aliphatic carbocycles. The van der Waals surface area contributed by atoms with Crippen LogP contribution in [0.3, 0.4) is 0 Å². The summed E-state index contributed by atoms with van der Waals surface area (Å²) in [6.45, 7) is 6.62. The Bertz CT molecular complexity index is 524. The number of sulfonamides is 1. The highest BCUT2D eigenvalue weighted by Crippen LogP contribution is 2.27. The van der Waals surface area contributed by atoms with Crippen molar-refractivity contribution in [2.45, 2.75) is 50.8 Å². The SMILES string of the molecule is CCCCCNS(=O)(=O)c1cc(C(C)C)ccc1OC. The summed E-state index contributed by atoms with van der Waals surface area (Å²) in [5.74, 6) is 0.660. The molecule has 0 aromatic heterocycles. The fourth-order valence-electron chi connectivity index (χ4n) is 1.92. The molecule has 0 aliphatic heterocycles. The van der Waals surface area contributed by atoms with E-state index in [1.807, 2.05) is 19.9 Å². The zero-order valence-corrected chi connectivity index (χ0v) is 13.6. The normalized spacial score (nSPS) is 11.8. The molecule has 20 heavy (non-hydrogen) atoms. The molecule has 1 rings (SSSR count). The molecule has 0 amide bonds. The Hall–Kier alpha value is -1.07. The van der Waals surface area contributed by atoms with Crippen LogP contribution < -0.4 is 9.46 Å². The second kappa shape index (κ2) is 7.64. The Morgan fingerprint density at radius 2 is 1.95 bits per heavy atom. The number of hydrogen-bond donors (Lipinski definition) is 1. The van der Waals surface area contributed by atoms with Gasteiger partial charge < -0.3 is 4.74 Å². The standard InChI is InChI=1S/C15H25NO3S/c1-5-6-7-10-16-20(17,18)15-11-13(12(2)3)8-9-14(15)19-4/h8-9,11-12,16H,5-7,10H2,1-4H3. The first-order valence-electron chi connectivity index (χ1n) is 7.10. The second-order valence-electron chi connectivity index (χ2n) is 5.17. The molecule has 5 heteroatoms. The van der Waals surface area contributed by atoms with Crippen molar-refractivity contribution in [3.05, 3.63) is 23.8 Å². The molecule has 0 atom stereocenters. The first-order valence-corrected chi connectivity index (χ1v) is 8.58. The summed E-state index contributed by atoms with van der Waals surface area (Å²) >= 11 is 0. The fourth-order valence-corrected chi connectivity index (χ4v) is 3.20. The summed E-state index contributed by atoms with van der Waals surface area (Å²) in [5.41, 5.74) is 0.986. The number of nitrogens with one attached hydrogen (secondary N) is 1. The van der Waals surface area contributed by atoms with E-state index in [4.69, 9.17) is 4.74 Å². The van der Waals surface area contributed by atoms with Gasteiger partial charge in [-0.15, -0.1) is 0 Å². The third-order valence-electron chi connectivity index (χ3n) is 3.22. The highest BCUT2D eigenvalue weighted by molar-refractivity contribution is 7.89. The Morgan fingerprint density at radius 1 is 1.25 bits per heavy atom. The molecule has 1 N–H and O–H groups in total. The van der Waals surface area contributed by atoms with Gasteiger partial charge in [0, 0.05) is 6.54 Å². The van der Waals surface area contributed by atoms with Crippen LogP contribution in [0.5, 0.6) is 5.75 Å². The van der Waals surface area contributed by atoms with Gasteiger partial charge in [-0.2, -0.15) is 0 Å². The van der Waals surface area contributed by atoms with Gasteiger partial charge in [-0.05, 0) is 30.0 Å². The quantitative estimate of drug-likeness (QED) is 0.749. The maximum Gasteiger partial charge on any atom is 0.244 e. The zero-order valence-electron chi connectivity index (χ0n) is 12.8. The topological polar surface area (TPSA) is 55.4 Å². The van der Waals surface area contributed by atoms with E-state index < -0.39 is 10.0 Å². The first kappa shape index (κ1) is 17.0. The maximum absolute atomic E-state index is 12.4. The molecule has 0 spiro atoms. The number of rotatable bonds is 8. The fraction of sp³-hybridized carbons (Fsp3) is 0.600. The van der Waals surface area contributed by atoms with Crippen LogP contribution in [-0.2, 0) is 10.0 Å². The number of benzene rings is 1. The highest BCUT2D eigenvalue weighted by atomic mass is 32.2. The second-order valence-corrected chi connectivity index (χ2v) is 6.91. The zero-order chi connectivity index (χ0) is 15.2. The number of methoxy groups -OCH3 is 1. The van der Waals surface area contributed by atoms with Crippen LogP contribution in [-0.4, -0.2) is 22.1 Å². The Labute approximate surface area is 122 Å². The van der Waals surface area contributed by atoms with Crippen molar-refractivity contribution in [1.29, 1.82) is 0 Å². The van der Waals surface area contributed by atoms with Gasteiger partial charge in [0.1, 0.15) is 10.6 Å². The smallest absolute Gasteiger partial charge is 0.244 e. The van der Waals surface area contributed by atoms with E-state index >= 15 is 0 Å². The maximum atomic E-state index is 12.4. The molecule has 4 nitrogen and oxygen atoms in total. The predicted molar refractivity (Wildman–Crippen MR) is 81.8 cm³/mol. The van der Waals surface area contributed by atoms with E-state index in [0.717, 1.165) is 24.8 Å². The molecule has 0 unspecified atom stereocenters. The van der Waals surface area contributed by atoms with Crippen molar-refractivity contribution in [3.8, 4) is 5.75 Å². The van der Waals surface area contributed by atoms with Gasteiger partial charge in [-0.1, -0.05) is 39.7 Å². The first-order chi connectivity index (χ1) is 9.42. The van der Waals surface area contributed by atoms with Crippen LogP contribution in [0.4, 0.5) is 0 Å². The molecule has 114 valence electrons. The summed E-state index contributed by atoms with van der Waals surface area (Å²) in [4.78, 5) is 0.225. The van der Waals surface area contributed by atoms with Crippen molar-refractivity contribution >= 4 is 10.0 Å². The van der Waals surface area contributed by atoms with Gasteiger partial charge in [0.2, 0.25) is 10.0 Å². The summed E-state index contributed by atoms with van der Waals surface area (Å²) in [7, 11) is -2.03. The molecular formula is C15H25NO3S. The van der Waals surface area contributed by atoms with Gasteiger partial charge in [-0.3, -0.25) is 0 Å². The molecule has 0 heterocycles. The van der Waals surface area contributed by atoms with Crippen molar-refractivity contribution in [3.63, 3.8) is 0 Å². The van der Waals surface area contributed by atoms with Gasteiger partial charge in [0.05, 0.1) is 7.11 Å². The average Bonchev–Trinajstić information content (AvgIpc) is 2.42. The third kappa shape index (κ3) is 4.49. The molecular weight excluding hydrogens is 274 g/mol.